The molecule has 2 aromatic carbocycles. The zero-order chi connectivity index (χ0) is 24.7. The first kappa shape index (κ1) is 23.4. The molecule has 3 atom stereocenters. The molecule has 2 aliphatic rings. The van der Waals surface area contributed by atoms with Gasteiger partial charge in [-0.05, 0) is 43.7 Å². The molecule has 0 aliphatic carbocycles. The van der Waals surface area contributed by atoms with Crippen LogP contribution in [0.1, 0.15) is 29.9 Å². The van der Waals surface area contributed by atoms with Gasteiger partial charge >= 0.3 is 6.18 Å². The summed E-state index contributed by atoms with van der Waals surface area (Å²) in [4.78, 5) is 9.03. The van der Waals surface area contributed by atoms with Gasteiger partial charge in [0.1, 0.15) is 24.4 Å². The number of nitrogens with zero attached hydrogens (tertiary/aromatic N) is 2. The number of aromatic nitrogens is 2. The van der Waals surface area contributed by atoms with Crippen LogP contribution in [0, 0.1) is 6.92 Å². The molecule has 186 valence electrons. The van der Waals surface area contributed by atoms with E-state index >= 15 is 0 Å². The van der Waals surface area contributed by atoms with E-state index in [2.05, 4.69) is 15.3 Å². The van der Waals surface area contributed by atoms with E-state index in [1.54, 1.807) is 26.0 Å². The van der Waals surface area contributed by atoms with Crippen LogP contribution in [0.2, 0.25) is 0 Å². The van der Waals surface area contributed by atoms with Crippen molar-refractivity contribution in [2.75, 3.05) is 37.5 Å². The summed E-state index contributed by atoms with van der Waals surface area (Å²) in [5.74, 6) is 1.97. The van der Waals surface area contributed by atoms with E-state index < -0.39 is 17.8 Å². The van der Waals surface area contributed by atoms with E-state index in [1.165, 1.54) is 6.07 Å². The number of anilines is 2. The lowest BCUT2D eigenvalue weighted by Gasteiger charge is -2.21. The number of alkyl halides is 3. The highest BCUT2D eigenvalue weighted by molar-refractivity contribution is 5.92. The van der Waals surface area contributed by atoms with Crippen molar-refractivity contribution in [2.45, 2.75) is 38.3 Å². The lowest BCUT2D eigenvalue weighted by atomic mass is 10.0. The maximum absolute atomic E-state index is 13.3. The number of halogens is 3. The zero-order valence-electron chi connectivity index (χ0n) is 19.2. The average molecular weight is 490 g/mol. The molecule has 2 unspecified atom stereocenters. The molecule has 11 heteroatoms. The Morgan fingerprint density at radius 3 is 2.63 bits per heavy atom. The molecular weight excluding hydrogens is 465 g/mol. The second kappa shape index (κ2) is 9.04. The SMILES string of the molecule is Cc1nc(N[C@H](C)c2cc(N)cc(C(F)(F)F)c2)c2cc3c(cc2n1)OCCOC1COCC1O3. The van der Waals surface area contributed by atoms with Crippen molar-refractivity contribution in [3.05, 3.63) is 47.3 Å². The lowest BCUT2D eigenvalue weighted by Crippen LogP contribution is -2.32. The number of rotatable bonds is 3. The normalized spacial score (nSPS) is 21.1. The van der Waals surface area contributed by atoms with E-state index in [0.29, 0.717) is 66.0 Å². The van der Waals surface area contributed by atoms with Crippen molar-refractivity contribution >= 4 is 22.4 Å². The standard InChI is InChI=1S/C24H25F3N4O4/c1-12(14-5-15(24(25,26)27)7-16(28)6-14)29-23-17-8-20-19(9-18(17)30-13(2)31-23)33-3-4-34-21-10-32-11-22(21)35-20/h5-9,12,21-22H,3-4,10-11,28H2,1-2H3,(H,29,30,31)/t12-,21?,22?/m1/s1. The number of benzene rings is 2. The van der Waals surface area contributed by atoms with Crippen molar-refractivity contribution in [1.82, 2.24) is 9.97 Å². The molecular formula is C24H25F3N4O4. The summed E-state index contributed by atoms with van der Waals surface area (Å²) in [6.45, 7) is 5.07. The van der Waals surface area contributed by atoms with Crippen molar-refractivity contribution in [3.63, 3.8) is 0 Å². The second-order valence-electron chi connectivity index (χ2n) is 8.64. The maximum atomic E-state index is 13.3. The van der Waals surface area contributed by atoms with Gasteiger partial charge in [0.25, 0.3) is 0 Å². The summed E-state index contributed by atoms with van der Waals surface area (Å²) < 4.78 is 63.3. The van der Waals surface area contributed by atoms with Crippen LogP contribution in [0.3, 0.4) is 0 Å². The summed E-state index contributed by atoms with van der Waals surface area (Å²) in [5.41, 5.74) is 5.98. The fourth-order valence-electron chi connectivity index (χ4n) is 4.24. The Hall–Kier alpha value is -3.31. The molecule has 3 heterocycles. The van der Waals surface area contributed by atoms with Crippen molar-refractivity contribution in [3.8, 4) is 11.5 Å². The Bertz CT molecular complexity index is 1250. The van der Waals surface area contributed by atoms with E-state index in [0.717, 1.165) is 12.1 Å². The van der Waals surface area contributed by atoms with Crippen LogP contribution >= 0.6 is 0 Å². The third kappa shape index (κ3) is 4.92. The van der Waals surface area contributed by atoms with Crippen molar-refractivity contribution in [1.29, 1.82) is 0 Å². The number of ether oxygens (including phenoxy) is 4. The third-order valence-electron chi connectivity index (χ3n) is 5.96. The monoisotopic (exact) mass is 490 g/mol. The fourth-order valence-corrected chi connectivity index (χ4v) is 4.24. The first-order valence-corrected chi connectivity index (χ1v) is 11.2. The van der Waals surface area contributed by atoms with E-state index in [-0.39, 0.29) is 17.9 Å². The lowest BCUT2D eigenvalue weighted by molar-refractivity contribution is -0.137. The van der Waals surface area contributed by atoms with Gasteiger partial charge in [-0.15, -0.1) is 0 Å². The molecule has 1 saturated heterocycles. The number of nitrogens with one attached hydrogen (secondary N) is 1. The Morgan fingerprint density at radius 1 is 1.03 bits per heavy atom. The van der Waals surface area contributed by atoms with E-state index in [1.807, 2.05) is 0 Å². The molecule has 1 fully saturated rings. The molecule has 0 amide bonds. The van der Waals surface area contributed by atoms with E-state index in [4.69, 9.17) is 24.7 Å². The van der Waals surface area contributed by atoms with E-state index in [9.17, 15) is 13.2 Å². The quantitative estimate of drug-likeness (QED) is 0.525. The highest BCUT2D eigenvalue weighted by atomic mass is 19.4. The van der Waals surface area contributed by atoms with Gasteiger partial charge in [-0.1, -0.05) is 0 Å². The van der Waals surface area contributed by atoms with Gasteiger partial charge in [0.15, 0.2) is 17.6 Å². The number of nitrogens with two attached hydrogens (primary N) is 1. The van der Waals surface area contributed by atoms with Crippen LogP contribution in [0.4, 0.5) is 24.7 Å². The number of aryl methyl sites for hydroxylation is 1. The van der Waals surface area contributed by atoms with Crippen LogP contribution in [0.15, 0.2) is 30.3 Å². The van der Waals surface area contributed by atoms with Gasteiger partial charge in [0.2, 0.25) is 0 Å². The van der Waals surface area contributed by atoms with Crippen molar-refractivity contribution in [2.24, 2.45) is 0 Å². The number of nitrogen functional groups attached to an aromatic ring is 1. The molecule has 3 aromatic rings. The minimum Gasteiger partial charge on any atom is -0.487 e. The van der Waals surface area contributed by atoms with Crippen LogP contribution in [-0.2, 0) is 15.7 Å². The van der Waals surface area contributed by atoms with Crippen LogP contribution < -0.4 is 20.5 Å². The summed E-state index contributed by atoms with van der Waals surface area (Å²) in [6.07, 6.45) is -4.99. The van der Waals surface area contributed by atoms with Gasteiger partial charge in [0, 0.05) is 17.1 Å². The Labute approximate surface area is 199 Å². The zero-order valence-corrected chi connectivity index (χ0v) is 19.2. The molecule has 2 aliphatic heterocycles. The fraction of sp³-hybridized carbons (Fsp3) is 0.417. The number of hydrogen-bond donors (Lipinski definition) is 2. The molecule has 0 saturated carbocycles. The van der Waals surface area contributed by atoms with Crippen LogP contribution in [0.25, 0.3) is 10.9 Å². The molecule has 35 heavy (non-hydrogen) atoms. The highest BCUT2D eigenvalue weighted by Crippen LogP contribution is 2.38. The largest absolute Gasteiger partial charge is 0.487 e. The first-order valence-electron chi connectivity index (χ1n) is 11.2. The minimum atomic E-state index is -4.50. The predicted octanol–water partition coefficient (Wildman–Crippen LogP) is 4.27. The van der Waals surface area contributed by atoms with Crippen LogP contribution in [-0.4, -0.2) is 48.6 Å². The van der Waals surface area contributed by atoms with Crippen molar-refractivity contribution < 1.29 is 32.1 Å². The van der Waals surface area contributed by atoms with Gasteiger partial charge in [0.05, 0.1) is 36.9 Å². The molecule has 1 aromatic heterocycles. The Morgan fingerprint density at radius 2 is 1.83 bits per heavy atom. The second-order valence-corrected chi connectivity index (χ2v) is 8.64. The molecule has 0 radical (unpaired) electrons. The Balaban J connectivity index is 1.52. The number of hydrogen-bond acceptors (Lipinski definition) is 8. The average Bonchev–Trinajstić information content (AvgIpc) is 3.24. The number of fused-ring (bicyclic) bond motifs is 3. The molecule has 3 N–H and O–H groups in total. The predicted molar refractivity (Wildman–Crippen MR) is 123 cm³/mol. The molecule has 0 spiro atoms. The summed E-state index contributed by atoms with van der Waals surface area (Å²) in [5, 5.41) is 3.86. The maximum Gasteiger partial charge on any atom is 0.416 e. The smallest absolute Gasteiger partial charge is 0.416 e. The summed E-state index contributed by atoms with van der Waals surface area (Å²) in [6, 6.07) is 6.54. The van der Waals surface area contributed by atoms with Gasteiger partial charge < -0.3 is 30.0 Å². The van der Waals surface area contributed by atoms with Crippen LogP contribution in [0.5, 0.6) is 11.5 Å². The van der Waals surface area contributed by atoms with Gasteiger partial charge in [-0.25, -0.2) is 9.97 Å². The highest BCUT2D eigenvalue weighted by Gasteiger charge is 2.33. The third-order valence-corrected chi connectivity index (χ3v) is 5.96. The molecule has 0 bridgehead atoms. The topological polar surface area (TPSA) is 101 Å². The molecule has 8 nitrogen and oxygen atoms in total. The summed E-state index contributed by atoms with van der Waals surface area (Å²) >= 11 is 0. The van der Waals surface area contributed by atoms with Gasteiger partial charge in [-0.2, -0.15) is 13.2 Å². The van der Waals surface area contributed by atoms with Gasteiger partial charge in [-0.3, -0.25) is 0 Å². The molecule has 5 rings (SSSR count). The first-order chi connectivity index (χ1) is 16.7. The Kier molecular flexibility index (Phi) is 6.06. The minimum absolute atomic E-state index is 0.0331. The summed E-state index contributed by atoms with van der Waals surface area (Å²) in [7, 11) is 0.